The van der Waals surface area contributed by atoms with Gasteiger partial charge in [-0.15, -0.1) is 0 Å². The summed E-state index contributed by atoms with van der Waals surface area (Å²) in [7, 11) is 2.31. The molecule has 2 heterocycles. The molecule has 0 unspecified atom stereocenters. The summed E-state index contributed by atoms with van der Waals surface area (Å²) in [6.07, 6.45) is 3.25. The Hall–Kier alpha value is -3.12. The number of nitrogens with zero attached hydrogens (tertiary/aromatic N) is 5. The van der Waals surface area contributed by atoms with Gasteiger partial charge in [-0.3, -0.25) is 0 Å². The van der Waals surface area contributed by atoms with Crippen LogP contribution < -0.4 is 10.6 Å². The van der Waals surface area contributed by atoms with E-state index in [0.29, 0.717) is 36.2 Å². The van der Waals surface area contributed by atoms with Crippen molar-refractivity contribution in [2.45, 2.75) is 23.8 Å². The zero-order valence-electron chi connectivity index (χ0n) is 21.4. The minimum atomic E-state index is -3.66. The molecule has 0 saturated carbocycles. The molecule has 2 aromatic carbocycles. The van der Waals surface area contributed by atoms with Gasteiger partial charge in [0.25, 0.3) is 0 Å². The average molecular weight is 528 g/mol. The highest BCUT2D eigenvalue weighted by Gasteiger charge is 2.33. The highest BCUT2D eigenvalue weighted by atomic mass is 32.2. The van der Waals surface area contributed by atoms with Crippen LogP contribution in [0, 0.1) is 5.82 Å². The SMILES string of the molecule is CN(C)CCN(C1CCN(C)CC1)S(=O)(=O)c1ccc(Nc2nccc(Nc3ccc(F)cc3)n2)cc1. The third-order valence-electron chi connectivity index (χ3n) is 6.35. The van der Waals surface area contributed by atoms with Gasteiger partial charge < -0.3 is 20.4 Å². The van der Waals surface area contributed by atoms with Gasteiger partial charge >= 0.3 is 0 Å². The molecule has 37 heavy (non-hydrogen) atoms. The summed E-state index contributed by atoms with van der Waals surface area (Å²) in [4.78, 5) is 13.2. The third-order valence-corrected chi connectivity index (χ3v) is 8.32. The first kappa shape index (κ1) is 26.9. The lowest BCUT2D eigenvalue weighted by atomic mass is 10.1. The van der Waals surface area contributed by atoms with E-state index >= 15 is 0 Å². The van der Waals surface area contributed by atoms with Crippen molar-refractivity contribution >= 4 is 33.2 Å². The van der Waals surface area contributed by atoms with Crippen LogP contribution in [-0.4, -0.2) is 85.9 Å². The molecular formula is C26H34FN7O2S. The second-order valence-corrected chi connectivity index (χ2v) is 11.4. The zero-order valence-corrected chi connectivity index (χ0v) is 22.2. The number of benzene rings is 2. The lowest BCUT2D eigenvalue weighted by Crippen LogP contribution is -2.48. The Balaban J connectivity index is 1.47. The Bertz CT molecular complexity index is 1260. The first-order valence-electron chi connectivity index (χ1n) is 12.3. The van der Waals surface area contributed by atoms with Crippen LogP contribution in [0.5, 0.6) is 0 Å². The number of nitrogens with one attached hydrogen (secondary N) is 2. The van der Waals surface area contributed by atoms with Gasteiger partial charge in [-0.1, -0.05) is 0 Å². The molecule has 1 aliphatic heterocycles. The van der Waals surface area contributed by atoms with Crippen molar-refractivity contribution in [3.05, 3.63) is 66.6 Å². The molecule has 0 spiro atoms. The lowest BCUT2D eigenvalue weighted by molar-refractivity contribution is 0.175. The molecule has 198 valence electrons. The lowest BCUT2D eigenvalue weighted by Gasteiger charge is -2.37. The van der Waals surface area contributed by atoms with Crippen LogP contribution in [0.15, 0.2) is 65.7 Å². The molecule has 1 saturated heterocycles. The molecule has 2 N–H and O–H groups in total. The number of hydrogen-bond donors (Lipinski definition) is 2. The summed E-state index contributed by atoms with van der Waals surface area (Å²) in [6.45, 7) is 2.88. The van der Waals surface area contributed by atoms with E-state index in [9.17, 15) is 12.8 Å². The van der Waals surface area contributed by atoms with Gasteiger partial charge in [-0.05, 0) is 102 Å². The van der Waals surface area contributed by atoms with Crippen LogP contribution in [0.3, 0.4) is 0 Å². The number of likely N-dealkylation sites (tertiary alicyclic amines) is 1. The molecule has 4 rings (SSSR count). The molecule has 0 aliphatic carbocycles. The van der Waals surface area contributed by atoms with Crippen molar-refractivity contribution in [3.63, 3.8) is 0 Å². The van der Waals surface area contributed by atoms with Gasteiger partial charge in [0, 0.05) is 36.7 Å². The molecule has 1 aromatic heterocycles. The minimum Gasteiger partial charge on any atom is -0.340 e. The molecule has 0 amide bonds. The van der Waals surface area contributed by atoms with E-state index in [1.165, 1.54) is 12.1 Å². The fourth-order valence-electron chi connectivity index (χ4n) is 4.22. The Morgan fingerprint density at radius 2 is 1.57 bits per heavy atom. The van der Waals surface area contributed by atoms with E-state index in [1.54, 1.807) is 53.0 Å². The van der Waals surface area contributed by atoms with Crippen molar-refractivity contribution in [1.29, 1.82) is 0 Å². The standard InChI is InChI=1S/C26H34FN7O2S/c1-32(2)18-19-34(23-13-16-33(3)17-14-23)37(35,36)24-10-8-22(9-11-24)30-26-28-15-12-25(31-26)29-21-6-4-20(27)5-7-21/h4-12,15,23H,13-14,16-19H2,1-3H3,(H2,28,29,30,31). The van der Waals surface area contributed by atoms with Crippen LogP contribution in [0.1, 0.15) is 12.8 Å². The van der Waals surface area contributed by atoms with Crippen LogP contribution in [0.25, 0.3) is 0 Å². The molecule has 1 aliphatic rings. The first-order chi connectivity index (χ1) is 17.7. The van der Waals surface area contributed by atoms with Gasteiger partial charge in [-0.25, -0.2) is 17.8 Å². The molecule has 0 radical (unpaired) electrons. The van der Waals surface area contributed by atoms with Crippen LogP contribution in [0.2, 0.25) is 0 Å². The van der Waals surface area contributed by atoms with Crippen molar-refractivity contribution in [2.24, 2.45) is 0 Å². The van der Waals surface area contributed by atoms with Gasteiger partial charge in [0.05, 0.1) is 4.90 Å². The van der Waals surface area contributed by atoms with Crippen molar-refractivity contribution in [1.82, 2.24) is 24.1 Å². The topological polar surface area (TPSA) is 93.7 Å². The fourth-order valence-corrected chi connectivity index (χ4v) is 5.90. The maximum atomic E-state index is 13.7. The van der Waals surface area contributed by atoms with Gasteiger partial charge in [0.2, 0.25) is 16.0 Å². The number of likely N-dealkylation sites (N-methyl/N-ethyl adjacent to an activating group) is 1. The van der Waals surface area contributed by atoms with Crippen LogP contribution in [0.4, 0.5) is 27.5 Å². The monoisotopic (exact) mass is 527 g/mol. The largest absolute Gasteiger partial charge is 0.340 e. The first-order valence-corrected chi connectivity index (χ1v) is 13.7. The van der Waals surface area contributed by atoms with Crippen molar-refractivity contribution < 1.29 is 12.8 Å². The number of aromatic nitrogens is 2. The predicted octanol–water partition coefficient (Wildman–Crippen LogP) is 3.75. The molecule has 0 atom stereocenters. The Labute approximate surface area is 218 Å². The predicted molar refractivity (Wildman–Crippen MR) is 144 cm³/mol. The van der Waals surface area contributed by atoms with E-state index in [2.05, 4.69) is 32.5 Å². The Morgan fingerprint density at radius 1 is 0.946 bits per heavy atom. The van der Waals surface area contributed by atoms with Gasteiger partial charge in [-0.2, -0.15) is 9.29 Å². The molecule has 1 fully saturated rings. The highest BCUT2D eigenvalue weighted by Crippen LogP contribution is 2.26. The Kier molecular flexibility index (Phi) is 8.70. The summed E-state index contributed by atoms with van der Waals surface area (Å²) < 4.78 is 42.1. The number of sulfonamides is 1. The number of anilines is 4. The highest BCUT2D eigenvalue weighted by molar-refractivity contribution is 7.89. The molecule has 0 bridgehead atoms. The van der Waals surface area contributed by atoms with Crippen LogP contribution >= 0.6 is 0 Å². The minimum absolute atomic E-state index is 0.0105. The zero-order chi connectivity index (χ0) is 26.4. The Morgan fingerprint density at radius 3 is 2.22 bits per heavy atom. The van der Waals surface area contributed by atoms with E-state index in [4.69, 9.17) is 0 Å². The normalized spacial score (nSPS) is 15.3. The smallest absolute Gasteiger partial charge is 0.243 e. The van der Waals surface area contributed by atoms with E-state index < -0.39 is 10.0 Å². The average Bonchev–Trinajstić information content (AvgIpc) is 2.87. The van der Waals surface area contributed by atoms with Crippen molar-refractivity contribution in [2.75, 3.05) is 58.0 Å². The molecule has 3 aromatic rings. The second-order valence-electron chi connectivity index (χ2n) is 9.50. The summed E-state index contributed by atoms with van der Waals surface area (Å²) >= 11 is 0. The quantitative estimate of drug-likeness (QED) is 0.412. The number of hydrogen-bond acceptors (Lipinski definition) is 8. The number of rotatable bonds is 10. The van der Waals surface area contributed by atoms with Gasteiger partial charge in [0.15, 0.2) is 0 Å². The number of halogens is 1. The summed E-state index contributed by atoms with van der Waals surface area (Å²) in [5.41, 5.74) is 1.36. The van der Waals surface area contributed by atoms with Crippen LogP contribution in [-0.2, 0) is 10.0 Å². The summed E-state index contributed by atoms with van der Waals surface area (Å²) in [6, 6.07) is 14.3. The maximum absolute atomic E-state index is 13.7. The van der Waals surface area contributed by atoms with E-state index in [1.807, 2.05) is 19.0 Å². The fraction of sp³-hybridized carbons (Fsp3) is 0.385. The molecule has 11 heteroatoms. The van der Waals surface area contributed by atoms with Gasteiger partial charge in [0.1, 0.15) is 11.6 Å². The second kappa shape index (κ2) is 12.0. The molecule has 9 nitrogen and oxygen atoms in total. The van der Waals surface area contributed by atoms with E-state index in [-0.39, 0.29) is 16.8 Å². The van der Waals surface area contributed by atoms with Crippen molar-refractivity contribution in [3.8, 4) is 0 Å². The number of piperidine rings is 1. The summed E-state index contributed by atoms with van der Waals surface area (Å²) in [5.74, 6) is 0.577. The van der Waals surface area contributed by atoms with E-state index in [0.717, 1.165) is 25.9 Å². The summed E-state index contributed by atoms with van der Waals surface area (Å²) in [5, 5.41) is 6.22. The third kappa shape index (κ3) is 7.22. The molecular weight excluding hydrogens is 493 g/mol. The maximum Gasteiger partial charge on any atom is 0.243 e.